The molecule has 2 amide bonds. The summed E-state index contributed by atoms with van der Waals surface area (Å²) in [6.45, 7) is 12.4. The normalized spacial score (nSPS) is 12.2. The molecule has 0 aliphatic heterocycles. The molecule has 3 rings (SSSR count). The smallest absolute Gasteiger partial charge is 0.257 e. The van der Waals surface area contributed by atoms with Crippen LogP contribution in [0.1, 0.15) is 67.6 Å². The first-order valence-electron chi connectivity index (χ1n) is 12.9. The molecule has 3 aromatic carbocycles. The van der Waals surface area contributed by atoms with Crippen molar-refractivity contribution in [3.63, 3.8) is 0 Å². The lowest BCUT2D eigenvalue weighted by atomic mass is 9.91. The van der Waals surface area contributed by atoms with Crippen LogP contribution in [0.5, 0.6) is 0 Å². The third kappa shape index (κ3) is 7.32. The van der Waals surface area contributed by atoms with Crippen molar-refractivity contribution in [1.82, 2.24) is 0 Å². The summed E-state index contributed by atoms with van der Waals surface area (Å²) in [5.41, 5.74) is 4.01. The summed E-state index contributed by atoms with van der Waals surface area (Å²) in [4.78, 5) is 39.9. The number of amides is 2. The number of anilines is 2. The van der Waals surface area contributed by atoms with E-state index in [2.05, 4.69) is 19.2 Å². The molecule has 200 valence electrons. The lowest BCUT2D eigenvalue weighted by Gasteiger charge is -2.31. The Balaban J connectivity index is 1.77. The monoisotopic (exact) mass is 532 g/mol. The fourth-order valence-electron chi connectivity index (χ4n) is 4.33. The molecule has 38 heavy (non-hydrogen) atoms. The standard InChI is InChI=1S/C32H37ClN2O3/c1-21(2)19-35(31(38)32(4,5)6)27-11-8-10-24(18-27)25(20-36)17-23-13-15-26(16-14-23)34-30(37)29-22(3)9-7-12-28(29)33/h7-16,18,20-21,25H,17,19H2,1-6H3,(H,34,37). The highest BCUT2D eigenvalue weighted by molar-refractivity contribution is 6.34. The van der Waals surface area contributed by atoms with Gasteiger partial charge in [0.15, 0.2) is 0 Å². The van der Waals surface area contributed by atoms with Crippen LogP contribution < -0.4 is 10.2 Å². The molecule has 0 bridgehead atoms. The molecule has 0 spiro atoms. The van der Waals surface area contributed by atoms with Gasteiger partial charge in [0.25, 0.3) is 5.91 Å². The molecule has 6 heteroatoms. The molecule has 0 heterocycles. The minimum Gasteiger partial charge on any atom is -0.322 e. The number of aldehydes is 1. The summed E-state index contributed by atoms with van der Waals surface area (Å²) in [7, 11) is 0. The van der Waals surface area contributed by atoms with E-state index >= 15 is 0 Å². The van der Waals surface area contributed by atoms with Gasteiger partial charge in [0.2, 0.25) is 5.91 Å². The van der Waals surface area contributed by atoms with Crippen molar-refractivity contribution in [2.75, 3.05) is 16.8 Å². The van der Waals surface area contributed by atoms with Gasteiger partial charge in [0.05, 0.1) is 10.6 Å². The molecule has 1 atom stereocenters. The molecular formula is C32H37ClN2O3. The van der Waals surface area contributed by atoms with Gasteiger partial charge in [-0.25, -0.2) is 0 Å². The number of hydrogen-bond donors (Lipinski definition) is 1. The fraction of sp³-hybridized carbons (Fsp3) is 0.344. The molecule has 5 nitrogen and oxygen atoms in total. The van der Waals surface area contributed by atoms with Crippen LogP contribution in [0.25, 0.3) is 0 Å². The van der Waals surface area contributed by atoms with E-state index in [1.165, 1.54) is 0 Å². The molecule has 0 radical (unpaired) electrons. The first-order chi connectivity index (χ1) is 17.9. The maximum atomic E-state index is 13.2. The largest absolute Gasteiger partial charge is 0.322 e. The second-order valence-electron chi connectivity index (χ2n) is 11.2. The summed E-state index contributed by atoms with van der Waals surface area (Å²) >= 11 is 6.23. The molecule has 3 aromatic rings. The predicted octanol–water partition coefficient (Wildman–Crippen LogP) is 7.46. The fourth-order valence-corrected chi connectivity index (χ4v) is 4.64. The van der Waals surface area contributed by atoms with Gasteiger partial charge >= 0.3 is 0 Å². The molecular weight excluding hydrogens is 496 g/mol. The van der Waals surface area contributed by atoms with Crippen LogP contribution >= 0.6 is 11.6 Å². The van der Waals surface area contributed by atoms with Crippen molar-refractivity contribution in [3.05, 3.63) is 94.0 Å². The second kappa shape index (κ2) is 12.4. The molecule has 0 aliphatic rings. The van der Waals surface area contributed by atoms with E-state index in [1.807, 2.05) is 93.3 Å². The maximum absolute atomic E-state index is 13.2. The van der Waals surface area contributed by atoms with Crippen LogP contribution in [-0.4, -0.2) is 24.6 Å². The van der Waals surface area contributed by atoms with E-state index in [4.69, 9.17) is 11.6 Å². The second-order valence-corrected chi connectivity index (χ2v) is 11.6. The molecule has 0 aliphatic carbocycles. The van der Waals surface area contributed by atoms with Gasteiger partial charge < -0.3 is 15.0 Å². The van der Waals surface area contributed by atoms with Crippen molar-refractivity contribution < 1.29 is 14.4 Å². The number of carbonyl (C=O) groups excluding carboxylic acids is 3. The Labute approximate surface area is 231 Å². The van der Waals surface area contributed by atoms with Crippen molar-refractivity contribution >= 4 is 41.1 Å². The average Bonchev–Trinajstić information content (AvgIpc) is 2.85. The molecule has 0 aromatic heterocycles. The zero-order valence-electron chi connectivity index (χ0n) is 23.0. The van der Waals surface area contributed by atoms with Crippen molar-refractivity contribution in [2.45, 2.75) is 53.9 Å². The van der Waals surface area contributed by atoms with Crippen molar-refractivity contribution in [3.8, 4) is 0 Å². The van der Waals surface area contributed by atoms with E-state index in [-0.39, 0.29) is 17.7 Å². The van der Waals surface area contributed by atoms with E-state index in [9.17, 15) is 14.4 Å². The molecule has 0 saturated carbocycles. The van der Waals surface area contributed by atoms with E-state index in [0.29, 0.717) is 35.2 Å². The van der Waals surface area contributed by atoms with Crippen LogP contribution in [-0.2, 0) is 16.0 Å². The third-order valence-corrected chi connectivity index (χ3v) is 6.64. The Morgan fingerprint density at radius 1 is 1.00 bits per heavy atom. The van der Waals surface area contributed by atoms with Gasteiger partial charge in [-0.15, -0.1) is 0 Å². The number of nitrogens with one attached hydrogen (secondary N) is 1. The highest BCUT2D eigenvalue weighted by Crippen LogP contribution is 2.29. The van der Waals surface area contributed by atoms with E-state index in [0.717, 1.165) is 28.7 Å². The topological polar surface area (TPSA) is 66.5 Å². The van der Waals surface area contributed by atoms with Crippen LogP contribution in [0.2, 0.25) is 5.02 Å². The van der Waals surface area contributed by atoms with Crippen LogP contribution in [0.4, 0.5) is 11.4 Å². The number of nitrogens with zero attached hydrogens (tertiary/aromatic N) is 1. The van der Waals surface area contributed by atoms with Gasteiger partial charge in [-0.2, -0.15) is 0 Å². The lowest BCUT2D eigenvalue weighted by Crippen LogP contribution is -2.41. The number of carbonyl (C=O) groups is 3. The van der Waals surface area contributed by atoms with E-state index in [1.54, 1.807) is 6.07 Å². The zero-order valence-corrected chi connectivity index (χ0v) is 23.8. The number of halogens is 1. The Morgan fingerprint density at radius 2 is 1.66 bits per heavy atom. The average molecular weight is 533 g/mol. The Morgan fingerprint density at radius 3 is 2.24 bits per heavy atom. The van der Waals surface area contributed by atoms with E-state index < -0.39 is 5.41 Å². The quantitative estimate of drug-likeness (QED) is 0.291. The highest BCUT2D eigenvalue weighted by atomic mass is 35.5. The Bertz CT molecular complexity index is 1270. The van der Waals surface area contributed by atoms with Gasteiger partial charge in [0, 0.05) is 29.3 Å². The predicted molar refractivity (Wildman–Crippen MR) is 156 cm³/mol. The van der Waals surface area contributed by atoms with Gasteiger partial charge in [-0.1, -0.05) is 82.6 Å². The number of hydrogen-bond acceptors (Lipinski definition) is 3. The number of benzene rings is 3. The summed E-state index contributed by atoms with van der Waals surface area (Å²) in [6, 6.07) is 20.5. The summed E-state index contributed by atoms with van der Waals surface area (Å²) in [5.74, 6) is -0.283. The van der Waals surface area contributed by atoms with Crippen molar-refractivity contribution in [1.29, 1.82) is 0 Å². The number of aryl methyl sites for hydroxylation is 1. The zero-order chi connectivity index (χ0) is 28.0. The first-order valence-corrected chi connectivity index (χ1v) is 13.3. The van der Waals surface area contributed by atoms with Gasteiger partial charge in [0.1, 0.15) is 6.29 Å². The number of rotatable bonds is 9. The van der Waals surface area contributed by atoms with Crippen LogP contribution in [0.15, 0.2) is 66.7 Å². The first kappa shape index (κ1) is 29.1. The third-order valence-electron chi connectivity index (χ3n) is 6.33. The summed E-state index contributed by atoms with van der Waals surface area (Å²) in [5, 5.41) is 3.30. The Hall–Kier alpha value is -3.44. The minimum atomic E-state index is -0.517. The van der Waals surface area contributed by atoms with Gasteiger partial charge in [-0.3, -0.25) is 9.59 Å². The molecule has 0 saturated heterocycles. The van der Waals surface area contributed by atoms with Crippen LogP contribution in [0, 0.1) is 18.3 Å². The molecule has 0 fully saturated rings. The maximum Gasteiger partial charge on any atom is 0.257 e. The lowest BCUT2D eigenvalue weighted by molar-refractivity contribution is -0.125. The highest BCUT2D eigenvalue weighted by Gasteiger charge is 2.29. The SMILES string of the molecule is Cc1cccc(Cl)c1C(=O)Nc1ccc(CC(C=O)c2cccc(N(CC(C)C)C(=O)C(C)(C)C)c2)cc1. The minimum absolute atomic E-state index is 0.0515. The molecule has 1 unspecified atom stereocenters. The summed E-state index contributed by atoms with van der Waals surface area (Å²) < 4.78 is 0. The Kier molecular flexibility index (Phi) is 9.50. The van der Waals surface area contributed by atoms with Crippen molar-refractivity contribution in [2.24, 2.45) is 11.3 Å². The molecule has 1 N–H and O–H groups in total. The van der Waals surface area contributed by atoms with Gasteiger partial charge in [-0.05, 0) is 66.3 Å². The van der Waals surface area contributed by atoms with Crippen LogP contribution in [0.3, 0.4) is 0 Å². The summed E-state index contributed by atoms with van der Waals surface area (Å²) in [6.07, 6.45) is 1.45.